The molecule has 3 unspecified atom stereocenters. The molecule has 9 heteroatoms. The van der Waals surface area contributed by atoms with E-state index in [1.807, 2.05) is 0 Å². The highest BCUT2D eigenvalue weighted by molar-refractivity contribution is 5.88. The molecule has 0 radical (unpaired) electrons. The van der Waals surface area contributed by atoms with Gasteiger partial charge < -0.3 is 9.84 Å². The van der Waals surface area contributed by atoms with Crippen molar-refractivity contribution in [3.63, 3.8) is 0 Å². The molecule has 0 bridgehead atoms. The normalized spacial score (nSPS) is 21.5. The predicted octanol–water partition coefficient (Wildman–Crippen LogP) is 3.74. The van der Waals surface area contributed by atoms with Crippen molar-refractivity contribution < 1.29 is 37.0 Å². The average Bonchev–Trinajstić information content (AvgIpc) is 2.69. The summed E-state index contributed by atoms with van der Waals surface area (Å²) in [7, 11) is 1.05. The zero-order valence-electron chi connectivity index (χ0n) is 17.4. The number of aldehydes is 1. The van der Waals surface area contributed by atoms with Crippen LogP contribution in [0.2, 0.25) is 0 Å². The number of rotatable bonds is 8. The predicted molar refractivity (Wildman–Crippen MR) is 106 cm³/mol. The Morgan fingerprint density at radius 3 is 2.39 bits per heavy atom. The van der Waals surface area contributed by atoms with Gasteiger partial charge in [0.05, 0.1) is 7.11 Å². The summed E-state index contributed by atoms with van der Waals surface area (Å²) >= 11 is 0. The minimum absolute atomic E-state index is 0.0218. The number of methoxy groups -OCH3 is 1. The molecule has 1 aliphatic carbocycles. The number of alkyl halides is 4. The van der Waals surface area contributed by atoms with Gasteiger partial charge in [-0.1, -0.05) is 44.2 Å². The van der Waals surface area contributed by atoms with Crippen molar-refractivity contribution in [2.45, 2.75) is 50.8 Å². The van der Waals surface area contributed by atoms with Crippen LogP contribution in [-0.2, 0) is 14.3 Å². The van der Waals surface area contributed by atoms with E-state index in [1.165, 1.54) is 12.1 Å². The van der Waals surface area contributed by atoms with Gasteiger partial charge in [0, 0.05) is 17.6 Å². The van der Waals surface area contributed by atoms with Crippen LogP contribution in [0.1, 0.15) is 32.3 Å². The molecular weight excluding hydrogens is 418 g/mol. The molecule has 0 spiro atoms. The number of ether oxygens (including phenoxy) is 1. The molecule has 0 fully saturated rings. The average molecular weight is 443 g/mol. The van der Waals surface area contributed by atoms with Gasteiger partial charge in [0.1, 0.15) is 18.4 Å². The van der Waals surface area contributed by atoms with Gasteiger partial charge in [-0.05, 0) is 29.6 Å². The van der Waals surface area contributed by atoms with Crippen LogP contribution < -0.4 is 5.32 Å². The highest BCUT2D eigenvalue weighted by atomic mass is 19.4. The monoisotopic (exact) mass is 443 g/mol. The van der Waals surface area contributed by atoms with Gasteiger partial charge in [0.15, 0.2) is 0 Å². The van der Waals surface area contributed by atoms with Crippen LogP contribution in [0, 0.1) is 5.92 Å². The summed E-state index contributed by atoms with van der Waals surface area (Å²) < 4.78 is 61.6. The zero-order valence-corrected chi connectivity index (χ0v) is 17.4. The number of allylic oxidation sites excluding steroid dienone is 2. The standard InChI is InChI=1S/C22H25F4NO4/c1-13(2)9-18(20(29)31-3)27-19(22(24,25)26)16-11-21(23,30)17(10-15(16)12-28)14-7-5-4-6-8-14/h4-8,10,12-13,18-19,27,30H,9,11H2,1-3H3. The Kier molecular flexibility index (Phi) is 7.77. The van der Waals surface area contributed by atoms with Crippen molar-refractivity contribution in [2.24, 2.45) is 5.92 Å². The van der Waals surface area contributed by atoms with Gasteiger partial charge in [-0.3, -0.25) is 14.9 Å². The Balaban J connectivity index is 2.57. The minimum atomic E-state index is -4.97. The van der Waals surface area contributed by atoms with Gasteiger partial charge in [0.2, 0.25) is 5.85 Å². The first-order valence-electron chi connectivity index (χ1n) is 9.68. The molecule has 31 heavy (non-hydrogen) atoms. The third kappa shape index (κ3) is 6.01. The second-order valence-corrected chi connectivity index (χ2v) is 7.81. The molecule has 0 aliphatic heterocycles. The second-order valence-electron chi connectivity index (χ2n) is 7.81. The maximum atomic E-state index is 15.2. The fourth-order valence-electron chi connectivity index (χ4n) is 3.55. The van der Waals surface area contributed by atoms with Crippen LogP contribution in [-0.4, -0.2) is 48.6 Å². The molecule has 3 atom stereocenters. The molecule has 0 heterocycles. The second kappa shape index (κ2) is 9.74. The van der Waals surface area contributed by atoms with E-state index < -0.39 is 47.7 Å². The van der Waals surface area contributed by atoms with E-state index >= 15 is 4.39 Å². The lowest BCUT2D eigenvalue weighted by Crippen LogP contribution is -2.53. The number of hydrogen-bond donors (Lipinski definition) is 2. The Morgan fingerprint density at radius 1 is 1.29 bits per heavy atom. The van der Waals surface area contributed by atoms with Crippen molar-refractivity contribution >= 4 is 17.8 Å². The zero-order chi connectivity index (χ0) is 23.4. The van der Waals surface area contributed by atoms with Crippen molar-refractivity contribution in [3.8, 4) is 0 Å². The Labute approximate surface area is 177 Å². The van der Waals surface area contributed by atoms with Crippen LogP contribution in [0.3, 0.4) is 0 Å². The van der Waals surface area contributed by atoms with Crippen LogP contribution in [0.4, 0.5) is 17.6 Å². The van der Waals surface area contributed by atoms with E-state index in [9.17, 15) is 27.9 Å². The van der Waals surface area contributed by atoms with E-state index in [-0.39, 0.29) is 29.8 Å². The third-order valence-corrected chi connectivity index (χ3v) is 4.96. The van der Waals surface area contributed by atoms with E-state index in [1.54, 1.807) is 32.0 Å². The number of hydrogen-bond acceptors (Lipinski definition) is 5. The Hall–Kier alpha value is -2.52. The minimum Gasteiger partial charge on any atom is -0.468 e. The number of carbonyl (C=O) groups is 2. The summed E-state index contributed by atoms with van der Waals surface area (Å²) in [5.41, 5.74) is -1.18. The summed E-state index contributed by atoms with van der Waals surface area (Å²) in [5.74, 6) is -4.21. The van der Waals surface area contributed by atoms with Crippen LogP contribution in [0.25, 0.3) is 5.57 Å². The van der Waals surface area contributed by atoms with Gasteiger partial charge >= 0.3 is 12.1 Å². The van der Waals surface area contributed by atoms with Gasteiger partial charge in [0.25, 0.3) is 0 Å². The SMILES string of the molecule is COC(=O)C(CC(C)C)NC(C1=C(C=O)C=C(c2ccccc2)C(O)(F)C1)C(F)(F)F. The lowest BCUT2D eigenvalue weighted by molar-refractivity contribution is -0.158. The number of carbonyl (C=O) groups excluding carboxylic acids is 2. The molecule has 1 aliphatic rings. The fraction of sp³-hybridized carbons (Fsp3) is 0.455. The molecule has 170 valence electrons. The number of aliphatic hydroxyl groups is 1. The number of nitrogens with one attached hydrogen (secondary N) is 1. The van der Waals surface area contributed by atoms with Gasteiger partial charge in [-0.15, -0.1) is 0 Å². The fourth-order valence-corrected chi connectivity index (χ4v) is 3.55. The number of benzene rings is 1. The molecule has 2 rings (SSSR count). The van der Waals surface area contributed by atoms with E-state index in [2.05, 4.69) is 10.1 Å². The first-order chi connectivity index (χ1) is 14.4. The van der Waals surface area contributed by atoms with E-state index in [4.69, 9.17) is 0 Å². The summed E-state index contributed by atoms with van der Waals surface area (Å²) in [4.78, 5) is 23.7. The summed E-state index contributed by atoms with van der Waals surface area (Å²) in [6, 6.07) is 3.85. The lowest BCUT2D eigenvalue weighted by Gasteiger charge is -2.35. The molecule has 0 aromatic heterocycles. The molecule has 1 aromatic rings. The highest BCUT2D eigenvalue weighted by Crippen LogP contribution is 2.43. The van der Waals surface area contributed by atoms with E-state index in [0.29, 0.717) is 0 Å². The Morgan fingerprint density at radius 2 is 1.90 bits per heavy atom. The van der Waals surface area contributed by atoms with Crippen molar-refractivity contribution in [1.82, 2.24) is 5.32 Å². The Bertz CT molecular complexity index is 860. The van der Waals surface area contributed by atoms with Crippen LogP contribution in [0.5, 0.6) is 0 Å². The molecule has 1 aromatic carbocycles. The quantitative estimate of drug-likeness (QED) is 0.364. The molecule has 5 nitrogen and oxygen atoms in total. The molecule has 0 saturated heterocycles. The maximum Gasteiger partial charge on any atom is 0.407 e. The summed E-state index contributed by atoms with van der Waals surface area (Å²) in [5, 5.41) is 12.5. The van der Waals surface area contributed by atoms with Gasteiger partial charge in [-0.2, -0.15) is 13.2 Å². The number of halogens is 4. The largest absolute Gasteiger partial charge is 0.468 e. The highest BCUT2D eigenvalue weighted by Gasteiger charge is 2.49. The molecular formula is C22H25F4NO4. The molecule has 0 saturated carbocycles. The first kappa shape index (κ1) is 24.7. The van der Waals surface area contributed by atoms with Crippen LogP contribution >= 0.6 is 0 Å². The topological polar surface area (TPSA) is 75.6 Å². The van der Waals surface area contributed by atoms with Crippen molar-refractivity contribution in [2.75, 3.05) is 7.11 Å². The summed E-state index contributed by atoms with van der Waals surface area (Å²) in [6.45, 7) is 3.43. The number of esters is 1. The maximum absolute atomic E-state index is 15.2. The molecule has 0 amide bonds. The third-order valence-electron chi connectivity index (χ3n) is 4.96. The summed E-state index contributed by atoms with van der Waals surface area (Å²) in [6.07, 6.45) is -4.94. The van der Waals surface area contributed by atoms with Crippen molar-refractivity contribution in [3.05, 3.63) is 53.1 Å². The van der Waals surface area contributed by atoms with Crippen molar-refractivity contribution in [1.29, 1.82) is 0 Å². The van der Waals surface area contributed by atoms with Gasteiger partial charge in [-0.25, -0.2) is 4.39 Å². The van der Waals surface area contributed by atoms with Crippen LogP contribution in [0.15, 0.2) is 47.6 Å². The molecule has 2 N–H and O–H groups in total. The van der Waals surface area contributed by atoms with E-state index in [0.717, 1.165) is 13.2 Å². The first-order valence-corrected chi connectivity index (χ1v) is 9.68. The lowest BCUT2D eigenvalue weighted by atomic mass is 9.82. The smallest absolute Gasteiger partial charge is 0.407 e.